The molecule has 1 heterocycles. The van der Waals surface area contributed by atoms with Gasteiger partial charge in [0.15, 0.2) is 5.96 Å². The molecule has 0 saturated heterocycles. The van der Waals surface area contributed by atoms with Gasteiger partial charge < -0.3 is 15.2 Å². The van der Waals surface area contributed by atoms with E-state index in [1.165, 1.54) is 12.3 Å². The number of nitrogens with one attached hydrogen (secondary N) is 2. The van der Waals surface area contributed by atoms with Crippen LogP contribution in [0, 0.1) is 11.6 Å². The summed E-state index contributed by atoms with van der Waals surface area (Å²) in [6.45, 7) is 3.45. The summed E-state index contributed by atoms with van der Waals surface area (Å²) < 4.78 is 31.3. The third kappa shape index (κ3) is 4.83. The summed E-state index contributed by atoms with van der Waals surface area (Å²) in [5.74, 6) is -0.266. The van der Waals surface area contributed by atoms with Gasteiger partial charge in [0.2, 0.25) is 0 Å². The Balaban J connectivity index is 1.88. The van der Waals surface area contributed by atoms with Gasteiger partial charge in [-0.15, -0.1) is 0 Å². The molecule has 7 heteroatoms. The molecule has 0 fully saturated rings. The number of hydrogen-bond acceptors (Lipinski definition) is 3. The van der Waals surface area contributed by atoms with Gasteiger partial charge in [0.05, 0.1) is 6.54 Å². The van der Waals surface area contributed by atoms with E-state index in [1.807, 2.05) is 6.92 Å². The summed E-state index contributed by atoms with van der Waals surface area (Å²) in [7, 11) is 0. The molecule has 22 heavy (non-hydrogen) atoms. The fourth-order valence-corrected chi connectivity index (χ4v) is 1.87. The smallest absolute Gasteiger partial charge is 0.191 e. The monoisotopic (exact) mass is 308 g/mol. The molecule has 1 aromatic heterocycles. The van der Waals surface area contributed by atoms with Crippen molar-refractivity contribution in [2.24, 2.45) is 4.99 Å². The third-order valence-electron chi connectivity index (χ3n) is 2.93. The molecular formula is C15H18F2N4O. The first-order valence-electron chi connectivity index (χ1n) is 7.04. The van der Waals surface area contributed by atoms with Gasteiger partial charge in [-0.1, -0.05) is 5.16 Å². The van der Waals surface area contributed by atoms with E-state index in [0.717, 1.165) is 12.1 Å². The van der Waals surface area contributed by atoms with Crippen LogP contribution in [0.15, 0.2) is 40.0 Å². The van der Waals surface area contributed by atoms with Crippen molar-refractivity contribution >= 4 is 5.96 Å². The number of rotatable bonds is 6. The maximum Gasteiger partial charge on any atom is 0.191 e. The average Bonchev–Trinajstić information content (AvgIpc) is 3.01. The first kappa shape index (κ1) is 15.9. The van der Waals surface area contributed by atoms with Crippen LogP contribution in [0.5, 0.6) is 0 Å². The number of halogens is 2. The molecule has 0 aliphatic carbocycles. The van der Waals surface area contributed by atoms with E-state index >= 15 is 0 Å². The summed E-state index contributed by atoms with van der Waals surface area (Å²) in [6, 6.07) is 5.18. The molecular weight excluding hydrogens is 290 g/mol. The zero-order chi connectivity index (χ0) is 15.8. The number of aliphatic imine (C=N–C) groups is 1. The quantitative estimate of drug-likeness (QED) is 0.635. The van der Waals surface area contributed by atoms with Crippen molar-refractivity contribution in [1.82, 2.24) is 15.8 Å². The van der Waals surface area contributed by atoms with Crippen molar-refractivity contribution in [2.45, 2.75) is 19.9 Å². The van der Waals surface area contributed by atoms with Crippen LogP contribution in [0.2, 0.25) is 0 Å². The minimum absolute atomic E-state index is 0.333. The molecule has 0 amide bonds. The zero-order valence-corrected chi connectivity index (χ0v) is 12.3. The van der Waals surface area contributed by atoms with Crippen LogP contribution < -0.4 is 10.6 Å². The van der Waals surface area contributed by atoms with Crippen LogP contribution in [-0.4, -0.2) is 24.2 Å². The van der Waals surface area contributed by atoms with Gasteiger partial charge in [0.25, 0.3) is 0 Å². The summed E-state index contributed by atoms with van der Waals surface area (Å²) in [5.41, 5.74) is 1.05. The lowest BCUT2D eigenvalue weighted by Gasteiger charge is -2.11. The summed E-state index contributed by atoms with van der Waals surface area (Å²) >= 11 is 0. The van der Waals surface area contributed by atoms with Crippen molar-refractivity contribution in [1.29, 1.82) is 0 Å². The molecule has 0 atom stereocenters. The van der Waals surface area contributed by atoms with Crippen molar-refractivity contribution < 1.29 is 13.3 Å². The van der Waals surface area contributed by atoms with Crippen LogP contribution in [0.3, 0.4) is 0 Å². The highest BCUT2D eigenvalue weighted by Crippen LogP contribution is 2.09. The third-order valence-corrected chi connectivity index (χ3v) is 2.93. The summed E-state index contributed by atoms with van der Waals surface area (Å²) in [4.78, 5) is 4.33. The second-order valence-corrected chi connectivity index (χ2v) is 4.60. The zero-order valence-electron chi connectivity index (χ0n) is 12.3. The van der Waals surface area contributed by atoms with E-state index in [0.29, 0.717) is 43.3 Å². The SMILES string of the molecule is CCNC(=NCc1ccon1)NCCc1cc(F)ccc1F. The Labute approximate surface area is 127 Å². The van der Waals surface area contributed by atoms with E-state index in [9.17, 15) is 8.78 Å². The number of hydrogen-bond donors (Lipinski definition) is 2. The Bertz CT molecular complexity index is 614. The topological polar surface area (TPSA) is 62.5 Å². The second-order valence-electron chi connectivity index (χ2n) is 4.60. The number of guanidine groups is 1. The van der Waals surface area contributed by atoms with E-state index in [-0.39, 0.29) is 0 Å². The van der Waals surface area contributed by atoms with Gasteiger partial charge in [0.1, 0.15) is 23.6 Å². The highest BCUT2D eigenvalue weighted by Gasteiger charge is 2.05. The highest BCUT2D eigenvalue weighted by molar-refractivity contribution is 5.79. The van der Waals surface area contributed by atoms with Crippen molar-refractivity contribution in [3.05, 3.63) is 53.4 Å². The minimum atomic E-state index is -0.442. The fourth-order valence-electron chi connectivity index (χ4n) is 1.87. The Morgan fingerprint density at radius 2 is 2.14 bits per heavy atom. The van der Waals surface area contributed by atoms with E-state index in [4.69, 9.17) is 4.52 Å². The van der Waals surface area contributed by atoms with Crippen molar-refractivity contribution in [2.75, 3.05) is 13.1 Å². The molecule has 0 spiro atoms. The second kappa shape index (κ2) is 8.11. The molecule has 2 rings (SSSR count). The first-order chi connectivity index (χ1) is 10.7. The van der Waals surface area contributed by atoms with Gasteiger partial charge >= 0.3 is 0 Å². The molecule has 0 saturated carbocycles. The van der Waals surface area contributed by atoms with Gasteiger partial charge in [-0.3, -0.25) is 0 Å². The number of aromatic nitrogens is 1. The lowest BCUT2D eigenvalue weighted by atomic mass is 10.1. The minimum Gasteiger partial charge on any atom is -0.364 e. The predicted octanol–water partition coefficient (Wildman–Crippen LogP) is 2.25. The Morgan fingerprint density at radius 1 is 1.27 bits per heavy atom. The molecule has 0 aliphatic heterocycles. The van der Waals surface area contributed by atoms with Crippen LogP contribution in [0.4, 0.5) is 8.78 Å². The maximum atomic E-state index is 13.5. The normalized spacial score (nSPS) is 11.5. The highest BCUT2D eigenvalue weighted by atomic mass is 19.1. The fraction of sp³-hybridized carbons (Fsp3) is 0.333. The molecule has 0 unspecified atom stereocenters. The largest absolute Gasteiger partial charge is 0.364 e. The summed E-state index contributed by atoms with van der Waals surface area (Å²) in [6.07, 6.45) is 1.84. The number of benzene rings is 1. The van der Waals surface area contributed by atoms with E-state index < -0.39 is 11.6 Å². The van der Waals surface area contributed by atoms with Crippen molar-refractivity contribution in [3.63, 3.8) is 0 Å². The molecule has 0 aliphatic rings. The Kier molecular flexibility index (Phi) is 5.88. The van der Waals surface area contributed by atoms with Crippen LogP contribution in [0.25, 0.3) is 0 Å². The molecule has 0 radical (unpaired) electrons. The lowest BCUT2D eigenvalue weighted by Crippen LogP contribution is -2.38. The van der Waals surface area contributed by atoms with Crippen LogP contribution in [-0.2, 0) is 13.0 Å². The molecule has 5 nitrogen and oxygen atoms in total. The van der Waals surface area contributed by atoms with Crippen LogP contribution in [0.1, 0.15) is 18.2 Å². The van der Waals surface area contributed by atoms with Gasteiger partial charge in [-0.25, -0.2) is 13.8 Å². The van der Waals surface area contributed by atoms with Crippen LogP contribution >= 0.6 is 0 Å². The lowest BCUT2D eigenvalue weighted by molar-refractivity contribution is 0.412. The molecule has 2 N–H and O–H groups in total. The molecule has 2 aromatic rings. The predicted molar refractivity (Wildman–Crippen MR) is 79.4 cm³/mol. The summed E-state index contributed by atoms with van der Waals surface area (Å²) in [5, 5.41) is 9.91. The van der Waals surface area contributed by atoms with Gasteiger partial charge in [-0.05, 0) is 37.1 Å². The maximum absolute atomic E-state index is 13.5. The standard InChI is InChI=1S/C15H18F2N4O/c1-2-18-15(20-10-13-6-8-22-21-13)19-7-5-11-9-12(16)3-4-14(11)17/h3-4,6,8-9H,2,5,7,10H2,1H3,(H2,18,19,20). The van der Waals surface area contributed by atoms with E-state index in [1.54, 1.807) is 6.07 Å². The van der Waals surface area contributed by atoms with E-state index in [2.05, 4.69) is 20.8 Å². The van der Waals surface area contributed by atoms with Gasteiger partial charge in [0, 0.05) is 19.2 Å². The first-order valence-corrected chi connectivity index (χ1v) is 7.04. The van der Waals surface area contributed by atoms with Crippen molar-refractivity contribution in [3.8, 4) is 0 Å². The van der Waals surface area contributed by atoms with Gasteiger partial charge in [-0.2, -0.15) is 0 Å². The molecule has 1 aromatic carbocycles. The Morgan fingerprint density at radius 3 is 2.86 bits per heavy atom. The Hall–Kier alpha value is -2.44. The number of nitrogens with zero attached hydrogens (tertiary/aromatic N) is 2. The molecule has 0 bridgehead atoms. The average molecular weight is 308 g/mol. The molecule has 118 valence electrons.